The van der Waals surface area contributed by atoms with Crippen molar-refractivity contribution in [3.05, 3.63) is 16.3 Å². The van der Waals surface area contributed by atoms with Crippen molar-refractivity contribution < 1.29 is 10.0 Å². The van der Waals surface area contributed by atoms with Gasteiger partial charge in [0, 0.05) is 19.2 Å². The van der Waals surface area contributed by atoms with Gasteiger partial charge >= 0.3 is 5.69 Å². The molecule has 0 radical (unpaired) electrons. The van der Waals surface area contributed by atoms with Crippen LogP contribution in [-0.2, 0) is 0 Å². The Kier molecular flexibility index (Phi) is 4.99. The molecule has 0 saturated carbocycles. The van der Waals surface area contributed by atoms with Crippen molar-refractivity contribution in [1.82, 2.24) is 9.97 Å². The maximum absolute atomic E-state index is 11.0. The van der Waals surface area contributed by atoms with E-state index in [9.17, 15) is 10.1 Å². The predicted molar refractivity (Wildman–Crippen MR) is 72.3 cm³/mol. The van der Waals surface area contributed by atoms with Crippen LogP contribution in [0.2, 0.25) is 0 Å². The van der Waals surface area contributed by atoms with Crippen LogP contribution in [0.25, 0.3) is 0 Å². The van der Waals surface area contributed by atoms with Crippen LogP contribution < -0.4 is 10.6 Å². The fraction of sp³-hybridized carbons (Fsp3) is 0.636. The minimum atomic E-state index is -0.531. The Bertz CT molecular complexity index is 454. The summed E-state index contributed by atoms with van der Waals surface area (Å²) in [6, 6.07) is 0. The van der Waals surface area contributed by atoms with E-state index in [1.165, 1.54) is 0 Å². The van der Waals surface area contributed by atoms with E-state index < -0.39 is 10.5 Å². The third-order valence-corrected chi connectivity index (χ3v) is 3.05. The number of nitrogens with zero attached hydrogens (tertiary/aromatic N) is 3. The van der Waals surface area contributed by atoms with Crippen LogP contribution >= 0.6 is 0 Å². The van der Waals surface area contributed by atoms with Crippen molar-refractivity contribution in [1.29, 1.82) is 0 Å². The summed E-state index contributed by atoms with van der Waals surface area (Å²) in [4.78, 5) is 18.3. The lowest BCUT2D eigenvalue weighted by Gasteiger charge is -2.29. The SMILES string of the molecule is CCC(C)(CCO)Nc1nc(NC)ncc1[N+](=O)[O-]. The predicted octanol–water partition coefficient (Wildman–Crippen LogP) is 1.39. The molecule has 0 bridgehead atoms. The summed E-state index contributed by atoms with van der Waals surface area (Å²) in [5.41, 5.74) is -0.643. The molecule has 0 spiro atoms. The van der Waals surface area contributed by atoms with E-state index in [2.05, 4.69) is 20.6 Å². The first-order valence-electron chi connectivity index (χ1n) is 6.04. The Balaban J connectivity index is 3.12. The smallest absolute Gasteiger partial charge is 0.329 e. The molecule has 106 valence electrons. The molecule has 0 aliphatic heterocycles. The third-order valence-electron chi connectivity index (χ3n) is 3.05. The monoisotopic (exact) mass is 269 g/mol. The van der Waals surface area contributed by atoms with Crippen LogP contribution in [0.1, 0.15) is 26.7 Å². The third kappa shape index (κ3) is 3.75. The molecule has 19 heavy (non-hydrogen) atoms. The maximum atomic E-state index is 11.0. The molecule has 1 unspecified atom stereocenters. The lowest BCUT2D eigenvalue weighted by atomic mass is 9.95. The molecule has 1 aromatic heterocycles. The van der Waals surface area contributed by atoms with Gasteiger partial charge in [0.1, 0.15) is 6.20 Å². The number of hydrogen-bond acceptors (Lipinski definition) is 7. The molecule has 0 fully saturated rings. The summed E-state index contributed by atoms with van der Waals surface area (Å²) in [5, 5.41) is 25.8. The molecule has 1 rings (SSSR count). The molecule has 1 atom stereocenters. The maximum Gasteiger partial charge on any atom is 0.329 e. The first-order chi connectivity index (χ1) is 8.95. The first-order valence-corrected chi connectivity index (χ1v) is 6.04. The van der Waals surface area contributed by atoms with Gasteiger partial charge in [0.05, 0.1) is 4.92 Å². The number of nitro groups is 1. The molecular weight excluding hydrogens is 250 g/mol. The van der Waals surface area contributed by atoms with Crippen LogP contribution in [0.4, 0.5) is 17.5 Å². The minimum Gasteiger partial charge on any atom is -0.396 e. The van der Waals surface area contributed by atoms with Crippen molar-refractivity contribution in [3.63, 3.8) is 0 Å². The van der Waals surface area contributed by atoms with Gasteiger partial charge in [-0.1, -0.05) is 6.92 Å². The van der Waals surface area contributed by atoms with E-state index in [1.807, 2.05) is 13.8 Å². The van der Waals surface area contributed by atoms with Crippen molar-refractivity contribution in [3.8, 4) is 0 Å². The molecule has 8 nitrogen and oxygen atoms in total. The van der Waals surface area contributed by atoms with E-state index >= 15 is 0 Å². The highest BCUT2D eigenvalue weighted by Crippen LogP contribution is 2.27. The summed E-state index contributed by atoms with van der Waals surface area (Å²) in [7, 11) is 1.64. The number of hydrogen-bond donors (Lipinski definition) is 3. The van der Waals surface area contributed by atoms with E-state index in [0.29, 0.717) is 18.8 Å². The summed E-state index contributed by atoms with van der Waals surface area (Å²) in [6.45, 7) is 3.82. The number of rotatable bonds is 7. The van der Waals surface area contributed by atoms with Gasteiger partial charge in [0.15, 0.2) is 0 Å². The van der Waals surface area contributed by atoms with Gasteiger partial charge < -0.3 is 15.7 Å². The van der Waals surface area contributed by atoms with E-state index in [-0.39, 0.29) is 18.1 Å². The molecule has 0 aliphatic rings. The second-order valence-corrected chi connectivity index (χ2v) is 4.45. The zero-order valence-corrected chi connectivity index (χ0v) is 11.3. The molecule has 1 heterocycles. The van der Waals surface area contributed by atoms with Crippen LogP contribution in [0.15, 0.2) is 6.20 Å². The van der Waals surface area contributed by atoms with Gasteiger partial charge in [0.25, 0.3) is 0 Å². The molecule has 8 heteroatoms. The van der Waals surface area contributed by atoms with Gasteiger partial charge in [-0.15, -0.1) is 0 Å². The Morgan fingerprint density at radius 1 is 1.58 bits per heavy atom. The zero-order valence-electron chi connectivity index (χ0n) is 11.3. The van der Waals surface area contributed by atoms with Crippen molar-refractivity contribution in [2.45, 2.75) is 32.2 Å². The molecule has 3 N–H and O–H groups in total. The number of aliphatic hydroxyl groups is 1. The highest BCUT2D eigenvalue weighted by molar-refractivity contribution is 5.58. The van der Waals surface area contributed by atoms with Crippen LogP contribution in [-0.4, -0.2) is 39.2 Å². The minimum absolute atomic E-state index is 0.00486. The van der Waals surface area contributed by atoms with Crippen LogP contribution in [0.5, 0.6) is 0 Å². The standard InChI is InChI=1S/C11H19N5O3/c1-4-11(2,5-6-17)15-9-8(16(18)19)7-13-10(12-3)14-9/h7,17H,4-6H2,1-3H3,(H2,12,13,14,15). The van der Waals surface area contributed by atoms with Gasteiger partial charge in [-0.05, 0) is 19.8 Å². The Hall–Kier alpha value is -1.96. The van der Waals surface area contributed by atoms with Crippen molar-refractivity contribution in [2.24, 2.45) is 0 Å². The highest BCUT2D eigenvalue weighted by atomic mass is 16.6. The normalized spacial score (nSPS) is 13.7. The van der Waals surface area contributed by atoms with Gasteiger partial charge in [0.2, 0.25) is 11.8 Å². The number of aromatic nitrogens is 2. The van der Waals surface area contributed by atoms with Gasteiger partial charge in [-0.3, -0.25) is 10.1 Å². The van der Waals surface area contributed by atoms with Crippen molar-refractivity contribution in [2.75, 3.05) is 24.3 Å². The molecule has 0 saturated heterocycles. The van der Waals surface area contributed by atoms with Crippen molar-refractivity contribution >= 4 is 17.5 Å². The quantitative estimate of drug-likeness (QED) is 0.506. The average molecular weight is 269 g/mol. The molecular formula is C11H19N5O3. The lowest BCUT2D eigenvalue weighted by molar-refractivity contribution is -0.384. The zero-order chi connectivity index (χ0) is 14.5. The summed E-state index contributed by atoms with van der Waals surface area (Å²) in [5.74, 6) is 0.456. The largest absolute Gasteiger partial charge is 0.396 e. The second-order valence-electron chi connectivity index (χ2n) is 4.45. The first kappa shape index (κ1) is 15.1. The average Bonchev–Trinajstić information content (AvgIpc) is 2.38. The van der Waals surface area contributed by atoms with Gasteiger partial charge in [-0.2, -0.15) is 4.98 Å². The summed E-state index contributed by atoms with van der Waals surface area (Å²) < 4.78 is 0. The van der Waals surface area contributed by atoms with Crippen LogP contribution in [0, 0.1) is 10.1 Å². The fourth-order valence-corrected chi connectivity index (χ4v) is 1.58. The number of aliphatic hydroxyl groups excluding tert-OH is 1. The summed E-state index contributed by atoms with van der Waals surface area (Å²) in [6.07, 6.45) is 2.33. The van der Waals surface area contributed by atoms with Crippen LogP contribution in [0.3, 0.4) is 0 Å². The number of anilines is 2. The molecule has 0 aliphatic carbocycles. The van der Waals surface area contributed by atoms with E-state index in [1.54, 1.807) is 7.05 Å². The van der Waals surface area contributed by atoms with E-state index in [4.69, 9.17) is 5.11 Å². The lowest BCUT2D eigenvalue weighted by Crippen LogP contribution is -2.35. The fourth-order valence-electron chi connectivity index (χ4n) is 1.58. The molecule has 1 aromatic rings. The molecule has 0 aromatic carbocycles. The Morgan fingerprint density at radius 3 is 2.74 bits per heavy atom. The number of nitrogens with one attached hydrogen (secondary N) is 2. The Labute approximate surface area is 111 Å². The topological polar surface area (TPSA) is 113 Å². The molecule has 0 amide bonds. The Morgan fingerprint density at radius 2 is 2.26 bits per heavy atom. The summed E-state index contributed by atoms with van der Waals surface area (Å²) >= 11 is 0. The second kappa shape index (κ2) is 6.28. The highest BCUT2D eigenvalue weighted by Gasteiger charge is 2.26. The van der Waals surface area contributed by atoms with E-state index in [0.717, 1.165) is 6.20 Å². The van der Waals surface area contributed by atoms with Gasteiger partial charge in [-0.25, -0.2) is 4.98 Å².